The Hall–Kier alpha value is -3.24. The lowest BCUT2D eigenvalue weighted by Gasteiger charge is -2.09. The van der Waals surface area contributed by atoms with E-state index in [4.69, 9.17) is 0 Å². The lowest BCUT2D eigenvalue weighted by atomic mass is 10.2. The molecule has 1 amide bonds. The van der Waals surface area contributed by atoms with Gasteiger partial charge in [-0.2, -0.15) is 18.3 Å². The number of nitrogens with zero attached hydrogens (tertiary/aromatic N) is 6. The number of hydrogen-bond acceptors (Lipinski definition) is 5. The maximum Gasteiger partial charge on any atom is 0.435 e. The molecule has 25 heavy (non-hydrogen) atoms. The number of amides is 1. The summed E-state index contributed by atoms with van der Waals surface area (Å²) in [6.07, 6.45) is -1.99. The number of nitrogens with one attached hydrogen (secondary N) is 1. The monoisotopic (exact) mass is 351 g/mol. The number of benzene rings is 1. The Balaban J connectivity index is 1.67. The molecule has 0 aliphatic heterocycles. The van der Waals surface area contributed by atoms with E-state index in [1.807, 2.05) is 6.92 Å². The smallest absolute Gasteiger partial charge is 0.324 e. The molecule has 3 rings (SSSR count). The average molecular weight is 351 g/mol. The molecule has 3 aromatic rings. The van der Waals surface area contributed by atoms with E-state index in [1.54, 1.807) is 18.2 Å². The first-order chi connectivity index (χ1) is 11.8. The van der Waals surface area contributed by atoms with Crippen molar-refractivity contribution in [2.24, 2.45) is 0 Å². The van der Waals surface area contributed by atoms with Crippen LogP contribution in [0.1, 0.15) is 11.3 Å². The first-order valence-electron chi connectivity index (χ1n) is 7.07. The zero-order valence-corrected chi connectivity index (χ0v) is 12.9. The molecule has 0 spiro atoms. The molecule has 0 saturated heterocycles. The second-order valence-corrected chi connectivity index (χ2v) is 5.20. The summed E-state index contributed by atoms with van der Waals surface area (Å²) in [6.45, 7) is 1.49. The molecule has 2 heterocycles. The molecule has 0 unspecified atom stereocenters. The minimum atomic E-state index is -4.54. The van der Waals surface area contributed by atoms with Gasteiger partial charge in [0.25, 0.3) is 0 Å². The van der Waals surface area contributed by atoms with E-state index >= 15 is 0 Å². The van der Waals surface area contributed by atoms with Crippen LogP contribution in [0.15, 0.2) is 36.8 Å². The standard InChI is InChI=1S/C14H12F3N7O/c1-9-6-10(2-3-11(9)24-8-18-21-22-24)19-13(25)7-23-5-4-12(20-23)14(15,16)17/h2-6,8H,7H2,1H3,(H,19,25). The molecule has 0 fully saturated rings. The Morgan fingerprint density at radius 2 is 2.08 bits per heavy atom. The maximum absolute atomic E-state index is 12.5. The molecular formula is C14H12F3N7O. The van der Waals surface area contributed by atoms with Gasteiger partial charge in [0.2, 0.25) is 5.91 Å². The largest absolute Gasteiger partial charge is 0.435 e. The lowest BCUT2D eigenvalue weighted by Crippen LogP contribution is -2.20. The molecule has 2 aromatic heterocycles. The summed E-state index contributed by atoms with van der Waals surface area (Å²) >= 11 is 0. The van der Waals surface area contributed by atoms with Gasteiger partial charge in [0.1, 0.15) is 12.9 Å². The summed E-state index contributed by atoms with van der Waals surface area (Å²) in [5, 5.41) is 16.8. The Labute approximate surface area is 139 Å². The van der Waals surface area contributed by atoms with Crippen LogP contribution in [0, 0.1) is 6.92 Å². The third-order valence-corrected chi connectivity index (χ3v) is 3.31. The predicted octanol–water partition coefficient (Wildman–Crippen LogP) is 1.82. The number of halogens is 3. The minimum absolute atomic E-state index is 0.329. The summed E-state index contributed by atoms with van der Waals surface area (Å²) in [5.41, 5.74) is 1.01. The number of carbonyl (C=O) groups is 1. The molecule has 0 aliphatic rings. The quantitative estimate of drug-likeness (QED) is 0.774. The molecule has 0 saturated carbocycles. The molecule has 1 aromatic carbocycles. The molecule has 11 heteroatoms. The Kier molecular flexibility index (Phi) is 4.21. The van der Waals surface area contributed by atoms with Gasteiger partial charge >= 0.3 is 6.18 Å². The van der Waals surface area contributed by atoms with Crippen LogP contribution >= 0.6 is 0 Å². The fourth-order valence-corrected chi connectivity index (χ4v) is 2.21. The fourth-order valence-electron chi connectivity index (χ4n) is 2.21. The number of alkyl halides is 3. The van der Waals surface area contributed by atoms with Gasteiger partial charge in [-0.25, -0.2) is 4.68 Å². The van der Waals surface area contributed by atoms with E-state index in [0.29, 0.717) is 5.69 Å². The summed E-state index contributed by atoms with van der Waals surface area (Å²) in [5.74, 6) is -0.494. The van der Waals surface area contributed by atoms with Crippen molar-refractivity contribution in [3.63, 3.8) is 0 Å². The highest BCUT2D eigenvalue weighted by Crippen LogP contribution is 2.27. The highest BCUT2D eigenvalue weighted by atomic mass is 19.4. The van der Waals surface area contributed by atoms with Crippen molar-refractivity contribution in [1.82, 2.24) is 30.0 Å². The van der Waals surface area contributed by atoms with Gasteiger partial charge in [0.05, 0.1) is 5.69 Å². The van der Waals surface area contributed by atoms with Crippen molar-refractivity contribution in [3.05, 3.63) is 48.0 Å². The van der Waals surface area contributed by atoms with Gasteiger partial charge in [0.15, 0.2) is 5.69 Å². The second-order valence-electron chi connectivity index (χ2n) is 5.20. The van der Waals surface area contributed by atoms with Crippen molar-refractivity contribution in [1.29, 1.82) is 0 Å². The summed E-state index contributed by atoms with van der Waals surface area (Å²) < 4.78 is 39.9. The second kappa shape index (κ2) is 6.34. The van der Waals surface area contributed by atoms with Crippen molar-refractivity contribution >= 4 is 11.6 Å². The van der Waals surface area contributed by atoms with Crippen LogP contribution in [0.2, 0.25) is 0 Å². The number of aryl methyl sites for hydroxylation is 1. The van der Waals surface area contributed by atoms with E-state index in [2.05, 4.69) is 25.9 Å². The van der Waals surface area contributed by atoms with Crippen LogP contribution in [-0.4, -0.2) is 35.9 Å². The molecule has 1 N–H and O–H groups in total. The van der Waals surface area contributed by atoms with Crippen LogP contribution in [0.4, 0.5) is 18.9 Å². The van der Waals surface area contributed by atoms with Gasteiger partial charge in [-0.1, -0.05) is 0 Å². The number of tetrazole rings is 1. The molecular weight excluding hydrogens is 339 g/mol. The van der Waals surface area contributed by atoms with Crippen LogP contribution in [-0.2, 0) is 17.5 Å². The van der Waals surface area contributed by atoms with Gasteiger partial charge < -0.3 is 5.32 Å². The lowest BCUT2D eigenvalue weighted by molar-refractivity contribution is -0.141. The molecule has 8 nitrogen and oxygen atoms in total. The van der Waals surface area contributed by atoms with E-state index in [-0.39, 0.29) is 6.54 Å². The third-order valence-electron chi connectivity index (χ3n) is 3.31. The van der Waals surface area contributed by atoms with E-state index in [1.165, 1.54) is 11.0 Å². The highest BCUT2D eigenvalue weighted by molar-refractivity contribution is 5.90. The van der Waals surface area contributed by atoms with Crippen molar-refractivity contribution < 1.29 is 18.0 Å². The zero-order chi connectivity index (χ0) is 18.0. The van der Waals surface area contributed by atoms with Crippen molar-refractivity contribution in [3.8, 4) is 5.69 Å². The first kappa shape index (κ1) is 16.6. The summed E-state index contributed by atoms with van der Waals surface area (Å²) in [7, 11) is 0. The molecule has 0 atom stereocenters. The predicted molar refractivity (Wildman–Crippen MR) is 79.7 cm³/mol. The van der Waals surface area contributed by atoms with Gasteiger partial charge in [-0.15, -0.1) is 5.10 Å². The summed E-state index contributed by atoms with van der Waals surface area (Å²) in [6, 6.07) is 5.89. The van der Waals surface area contributed by atoms with E-state index < -0.39 is 17.8 Å². The number of carbonyl (C=O) groups excluding carboxylic acids is 1. The topological polar surface area (TPSA) is 90.5 Å². The number of rotatable bonds is 4. The average Bonchev–Trinajstić information content (AvgIpc) is 3.18. The van der Waals surface area contributed by atoms with Crippen molar-refractivity contribution in [2.45, 2.75) is 19.6 Å². The number of anilines is 1. The number of hydrogen-bond donors (Lipinski definition) is 1. The van der Waals surface area contributed by atoms with Gasteiger partial charge in [-0.05, 0) is 47.2 Å². The van der Waals surface area contributed by atoms with Gasteiger partial charge in [-0.3, -0.25) is 9.48 Å². The van der Waals surface area contributed by atoms with Crippen LogP contribution in [0.3, 0.4) is 0 Å². The van der Waals surface area contributed by atoms with Crippen molar-refractivity contribution in [2.75, 3.05) is 5.32 Å². The van der Waals surface area contributed by atoms with Crippen LogP contribution in [0.5, 0.6) is 0 Å². The Morgan fingerprint density at radius 3 is 2.68 bits per heavy atom. The fraction of sp³-hybridized carbons (Fsp3) is 0.214. The Morgan fingerprint density at radius 1 is 1.28 bits per heavy atom. The molecule has 130 valence electrons. The third kappa shape index (κ3) is 3.82. The molecule has 0 radical (unpaired) electrons. The van der Waals surface area contributed by atoms with E-state index in [9.17, 15) is 18.0 Å². The summed E-state index contributed by atoms with van der Waals surface area (Å²) in [4.78, 5) is 12.0. The Bertz CT molecular complexity index is 886. The minimum Gasteiger partial charge on any atom is -0.324 e. The van der Waals surface area contributed by atoms with Crippen LogP contribution < -0.4 is 5.32 Å². The van der Waals surface area contributed by atoms with Crippen LogP contribution in [0.25, 0.3) is 5.69 Å². The van der Waals surface area contributed by atoms with E-state index in [0.717, 1.165) is 28.2 Å². The van der Waals surface area contributed by atoms with Gasteiger partial charge in [0, 0.05) is 11.9 Å². The molecule has 0 aliphatic carbocycles. The normalized spacial score (nSPS) is 11.5. The number of aromatic nitrogens is 6. The maximum atomic E-state index is 12.5. The SMILES string of the molecule is Cc1cc(NC(=O)Cn2ccc(C(F)(F)F)n2)ccc1-n1cnnn1. The highest BCUT2D eigenvalue weighted by Gasteiger charge is 2.33. The zero-order valence-electron chi connectivity index (χ0n) is 12.9. The first-order valence-corrected chi connectivity index (χ1v) is 7.07. The molecule has 0 bridgehead atoms.